The van der Waals surface area contributed by atoms with Gasteiger partial charge in [0.15, 0.2) is 0 Å². The molecule has 1 atom stereocenters. The number of nitrogens with two attached hydrogens (primary N) is 1. The summed E-state index contributed by atoms with van der Waals surface area (Å²) in [6.07, 6.45) is 2.68. The van der Waals surface area contributed by atoms with Crippen LogP contribution >= 0.6 is 0 Å². The first kappa shape index (κ1) is 11.3. The second kappa shape index (κ2) is 5.17. The van der Waals surface area contributed by atoms with Crippen LogP contribution in [-0.4, -0.2) is 43.6 Å². The Morgan fingerprint density at radius 3 is 2.71 bits per heavy atom. The van der Waals surface area contributed by atoms with Crippen LogP contribution in [0.15, 0.2) is 4.99 Å². The van der Waals surface area contributed by atoms with E-state index < -0.39 is 0 Å². The minimum absolute atomic E-state index is 0.507. The fourth-order valence-electron chi connectivity index (χ4n) is 1.42. The zero-order valence-electron chi connectivity index (χ0n) is 9.25. The summed E-state index contributed by atoms with van der Waals surface area (Å²) >= 11 is 0. The molecule has 4 N–H and O–H groups in total. The third-order valence-corrected chi connectivity index (χ3v) is 2.74. The first-order valence-corrected chi connectivity index (χ1v) is 5.08. The highest BCUT2D eigenvalue weighted by Crippen LogP contribution is 2.26. The second-order valence-corrected chi connectivity index (χ2v) is 3.84. The first-order chi connectivity index (χ1) is 6.69. The van der Waals surface area contributed by atoms with Crippen molar-refractivity contribution < 1.29 is 0 Å². The van der Waals surface area contributed by atoms with Crippen molar-refractivity contribution >= 4 is 5.96 Å². The molecule has 1 rings (SSSR count). The largest absolute Gasteiger partial charge is 0.354 e. The molecule has 1 unspecified atom stereocenters. The number of hydrogen-bond donors (Lipinski definition) is 3. The first-order valence-electron chi connectivity index (χ1n) is 5.08. The molecule has 5 nitrogen and oxygen atoms in total. The lowest BCUT2D eigenvalue weighted by Gasteiger charge is -2.25. The lowest BCUT2D eigenvalue weighted by Crippen LogP contribution is -2.47. The number of aliphatic imine (C=N–C) groups is 1. The SMILES string of the molecule is CN=C(NN)NCC(C)N(C)C1CC1. The summed E-state index contributed by atoms with van der Waals surface area (Å²) in [6.45, 7) is 3.07. The van der Waals surface area contributed by atoms with E-state index in [1.165, 1.54) is 12.8 Å². The normalized spacial score (nSPS) is 19.6. The highest BCUT2D eigenvalue weighted by Gasteiger charge is 2.28. The zero-order valence-corrected chi connectivity index (χ0v) is 9.25. The van der Waals surface area contributed by atoms with Crippen LogP contribution in [0.25, 0.3) is 0 Å². The van der Waals surface area contributed by atoms with Gasteiger partial charge in [-0.25, -0.2) is 5.84 Å². The van der Waals surface area contributed by atoms with Gasteiger partial charge in [-0.05, 0) is 26.8 Å². The molecule has 0 aromatic carbocycles. The summed E-state index contributed by atoms with van der Waals surface area (Å²) in [4.78, 5) is 6.35. The molecule has 1 fully saturated rings. The van der Waals surface area contributed by atoms with Crippen molar-refractivity contribution in [3.63, 3.8) is 0 Å². The molecule has 1 saturated carbocycles. The van der Waals surface area contributed by atoms with Crippen molar-refractivity contribution in [1.82, 2.24) is 15.6 Å². The van der Waals surface area contributed by atoms with Crippen LogP contribution in [0.5, 0.6) is 0 Å². The van der Waals surface area contributed by atoms with E-state index >= 15 is 0 Å². The molecule has 14 heavy (non-hydrogen) atoms. The molecule has 5 heteroatoms. The van der Waals surface area contributed by atoms with Gasteiger partial charge in [0.1, 0.15) is 0 Å². The second-order valence-electron chi connectivity index (χ2n) is 3.84. The molecule has 0 aromatic rings. The van der Waals surface area contributed by atoms with Gasteiger partial charge >= 0.3 is 0 Å². The van der Waals surface area contributed by atoms with Gasteiger partial charge in [0.05, 0.1) is 0 Å². The smallest absolute Gasteiger partial charge is 0.205 e. The molecular formula is C9H21N5. The van der Waals surface area contributed by atoms with E-state index in [-0.39, 0.29) is 0 Å². The number of likely N-dealkylation sites (N-methyl/N-ethyl adjacent to an activating group) is 1. The zero-order chi connectivity index (χ0) is 10.6. The molecule has 0 bridgehead atoms. The standard InChI is InChI=1S/C9H21N5/c1-7(14(3)8-4-5-8)6-12-9(11-2)13-10/h7-8H,4-6,10H2,1-3H3,(H2,11,12,13). The summed E-state index contributed by atoms with van der Waals surface area (Å²) in [5, 5.41) is 3.15. The minimum atomic E-state index is 0.507. The van der Waals surface area contributed by atoms with Crippen molar-refractivity contribution in [1.29, 1.82) is 0 Å². The quantitative estimate of drug-likeness (QED) is 0.247. The average Bonchev–Trinajstić information content (AvgIpc) is 3.01. The number of hydrogen-bond acceptors (Lipinski definition) is 3. The maximum absolute atomic E-state index is 5.26. The maximum Gasteiger partial charge on any atom is 0.205 e. The van der Waals surface area contributed by atoms with Crippen molar-refractivity contribution in [2.45, 2.75) is 31.8 Å². The van der Waals surface area contributed by atoms with Gasteiger partial charge in [0, 0.05) is 25.7 Å². The fourth-order valence-corrected chi connectivity index (χ4v) is 1.42. The number of guanidine groups is 1. The fraction of sp³-hybridized carbons (Fsp3) is 0.889. The molecule has 0 radical (unpaired) electrons. The summed E-state index contributed by atoms with van der Waals surface area (Å²) in [5.74, 6) is 5.90. The molecule has 0 heterocycles. The van der Waals surface area contributed by atoms with Gasteiger partial charge in [0.25, 0.3) is 0 Å². The number of nitrogens with one attached hydrogen (secondary N) is 2. The van der Waals surface area contributed by atoms with Crippen molar-refractivity contribution in [3.05, 3.63) is 0 Å². The molecule has 0 spiro atoms. The van der Waals surface area contributed by atoms with Crippen molar-refractivity contribution in [2.24, 2.45) is 10.8 Å². The third kappa shape index (κ3) is 3.16. The molecule has 0 saturated heterocycles. The van der Waals surface area contributed by atoms with Gasteiger partial charge < -0.3 is 5.32 Å². The van der Waals surface area contributed by atoms with E-state index in [0.29, 0.717) is 12.0 Å². The Bertz CT molecular complexity index is 199. The number of nitrogens with zero attached hydrogens (tertiary/aromatic N) is 2. The molecular weight excluding hydrogens is 178 g/mol. The van der Waals surface area contributed by atoms with Crippen molar-refractivity contribution in [2.75, 3.05) is 20.6 Å². The summed E-state index contributed by atoms with van der Waals surface area (Å²) in [7, 11) is 3.88. The lowest BCUT2D eigenvalue weighted by molar-refractivity contribution is 0.247. The minimum Gasteiger partial charge on any atom is -0.354 e. The maximum atomic E-state index is 5.26. The van der Waals surface area contributed by atoms with Gasteiger partial charge in [-0.15, -0.1) is 0 Å². The molecule has 1 aliphatic rings. The van der Waals surface area contributed by atoms with E-state index in [0.717, 1.165) is 12.6 Å². The predicted octanol–water partition coefficient (Wildman–Crippen LogP) is -0.492. The molecule has 0 aliphatic heterocycles. The summed E-state index contributed by atoms with van der Waals surface area (Å²) in [5.41, 5.74) is 2.51. The van der Waals surface area contributed by atoms with Gasteiger partial charge in [-0.3, -0.25) is 15.3 Å². The Labute approximate surface area is 85.7 Å². The van der Waals surface area contributed by atoms with Crippen LogP contribution < -0.4 is 16.6 Å². The van der Waals surface area contributed by atoms with E-state index in [2.05, 4.69) is 34.6 Å². The third-order valence-electron chi connectivity index (χ3n) is 2.74. The number of rotatable bonds is 4. The van der Waals surface area contributed by atoms with Gasteiger partial charge in [0.2, 0.25) is 5.96 Å². The number of hydrazine groups is 1. The van der Waals surface area contributed by atoms with Crippen LogP contribution in [0.2, 0.25) is 0 Å². The Balaban J connectivity index is 2.22. The van der Waals surface area contributed by atoms with Gasteiger partial charge in [-0.1, -0.05) is 0 Å². The van der Waals surface area contributed by atoms with Crippen molar-refractivity contribution in [3.8, 4) is 0 Å². The van der Waals surface area contributed by atoms with Crippen LogP contribution in [-0.2, 0) is 0 Å². The highest BCUT2D eigenvalue weighted by atomic mass is 15.3. The van der Waals surface area contributed by atoms with Gasteiger partial charge in [-0.2, -0.15) is 0 Å². The van der Waals surface area contributed by atoms with E-state index in [4.69, 9.17) is 5.84 Å². The molecule has 0 amide bonds. The molecule has 82 valence electrons. The lowest BCUT2D eigenvalue weighted by atomic mass is 10.3. The molecule has 0 aromatic heterocycles. The Morgan fingerprint density at radius 1 is 1.64 bits per heavy atom. The van der Waals surface area contributed by atoms with E-state index in [9.17, 15) is 0 Å². The Morgan fingerprint density at radius 2 is 2.29 bits per heavy atom. The topological polar surface area (TPSA) is 65.7 Å². The Hall–Kier alpha value is -0.810. The summed E-state index contributed by atoms with van der Waals surface area (Å²) in [6, 6.07) is 1.30. The highest BCUT2D eigenvalue weighted by molar-refractivity contribution is 5.78. The van der Waals surface area contributed by atoms with Crippen LogP contribution in [0.3, 0.4) is 0 Å². The van der Waals surface area contributed by atoms with E-state index in [1.54, 1.807) is 7.05 Å². The van der Waals surface area contributed by atoms with Crippen LogP contribution in [0, 0.1) is 0 Å². The monoisotopic (exact) mass is 199 g/mol. The Kier molecular flexibility index (Phi) is 4.16. The summed E-state index contributed by atoms with van der Waals surface area (Å²) < 4.78 is 0. The van der Waals surface area contributed by atoms with Crippen LogP contribution in [0.1, 0.15) is 19.8 Å². The average molecular weight is 199 g/mol. The van der Waals surface area contributed by atoms with E-state index in [1.807, 2.05) is 0 Å². The predicted molar refractivity (Wildman–Crippen MR) is 58.9 cm³/mol. The van der Waals surface area contributed by atoms with Crippen LogP contribution in [0.4, 0.5) is 0 Å². The molecule has 1 aliphatic carbocycles.